The van der Waals surface area contributed by atoms with Gasteiger partial charge in [-0.1, -0.05) is 41.9 Å². The van der Waals surface area contributed by atoms with Crippen molar-refractivity contribution >= 4 is 17.7 Å². The number of amides is 1. The Labute approximate surface area is 148 Å². The molecule has 1 amide bonds. The smallest absolute Gasteiger partial charge is 0.410 e. The number of nitrogens with zero attached hydrogens (tertiary/aromatic N) is 1. The predicted molar refractivity (Wildman–Crippen MR) is 97.2 cm³/mol. The molecular formula is C20H22ClNO2. The van der Waals surface area contributed by atoms with Crippen LogP contribution in [0, 0.1) is 0 Å². The number of benzene rings is 2. The lowest BCUT2D eigenvalue weighted by Gasteiger charge is -2.31. The normalized spacial score (nSPS) is 14.2. The SMILES string of the molecule is CC(C)(C)OC(=O)N1CCc2cc(-c3ccc(Cl)cc3)ccc2C1. The number of carbonyl (C=O) groups is 1. The Morgan fingerprint density at radius 3 is 2.38 bits per heavy atom. The third-order valence-corrected chi connectivity index (χ3v) is 4.30. The number of fused-ring (bicyclic) bond motifs is 1. The molecule has 0 aromatic heterocycles. The lowest BCUT2D eigenvalue weighted by atomic mass is 9.95. The third-order valence-electron chi connectivity index (χ3n) is 4.05. The fourth-order valence-electron chi connectivity index (χ4n) is 2.86. The van der Waals surface area contributed by atoms with Gasteiger partial charge in [0.05, 0.1) is 0 Å². The summed E-state index contributed by atoms with van der Waals surface area (Å²) in [6.45, 7) is 6.96. The van der Waals surface area contributed by atoms with Gasteiger partial charge in [-0.05, 0) is 61.6 Å². The maximum absolute atomic E-state index is 12.2. The van der Waals surface area contributed by atoms with E-state index in [2.05, 4.69) is 18.2 Å². The highest BCUT2D eigenvalue weighted by Crippen LogP contribution is 2.27. The molecule has 1 heterocycles. The lowest BCUT2D eigenvalue weighted by molar-refractivity contribution is 0.0224. The van der Waals surface area contributed by atoms with E-state index in [4.69, 9.17) is 16.3 Å². The molecule has 0 unspecified atom stereocenters. The number of rotatable bonds is 1. The second-order valence-electron chi connectivity index (χ2n) is 7.14. The molecule has 24 heavy (non-hydrogen) atoms. The monoisotopic (exact) mass is 343 g/mol. The van der Waals surface area contributed by atoms with Gasteiger partial charge in [0.2, 0.25) is 0 Å². The van der Waals surface area contributed by atoms with Gasteiger partial charge < -0.3 is 9.64 Å². The highest BCUT2D eigenvalue weighted by atomic mass is 35.5. The molecule has 0 aliphatic carbocycles. The Bertz CT molecular complexity index is 747. The molecule has 3 rings (SSSR count). The van der Waals surface area contributed by atoms with Crippen LogP contribution in [0.15, 0.2) is 42.5 Å². The minimum Gasteiger partial charge on any atom is -0.444 e. The van der Waals surface area contributed by atoms with Gasteiger partial charge in [0.15, 0.2) is 0 Å². The molecule has 1 aliphatic rings. The van der Waals surface area contributed by atoms with E-state index >= 15 is 0 Å². The standard InChI is InChI=1S/C20H22ClNO2/c1-20(2,3)24-19(23)22-11-10-16-12-15(4-5-17(16)13-22)14-6-8-18(21)9-7-14/h4-9,12H,10-11,13H2,1-3H3. The molecule has 0 saturated heterocycles. The topological polar surface area (TPSA) is 29.5 Å². The second-order valence-corrected chi connectivity index (χ2v) is 7.58. The summed E-state index contributed by atoms with van der Waals surface area (Å²) >= 11 is 5.96. The number of hydrogen-bond donors (Lipinski definition) is 0. The highest BCUT2D eigenvalue weighted by Gasteiger charge is 2.25. The van der Waals surface area contributed by atoms with Crippen LogP contribution in [0.1, 0.15) is 31.9 Å². The van der Waals surface area contributed by atoms with Crippen molar-refractivity contribution in [1.29, 1.82) is 0 Å². The van der Waals surface area contributed by atoms with Gasteiger partial charge in [-0.25, -0.2) is 4.79 Å². The number of halogens is 1. The van der Waals surface area contributed by atoms with E-state index in [0.29, 0.717) is 13.1 Å². The van der Waals surface area contributed by atoms with Crippen molar-refractivity contribution < 1.29 is 9.53 Å². The highest BCUT2D eigenvalue weighted by molar-refractivity contribution is 6.30. The Morgan fingerprint density at radius 2 is 1.71 bits per heavy atom. The van der Waals surface area contributed by atoms with E-state index in [1.54, 1.807) is 4.90 Å². The molecule has 0 bridgehead atoms. The summed E-state index contributed by atoms with van der Waals surface area (Å²) in [5.41, 5.74) is 4.34. The minimum atomic E-state index is -0.462. The summed E-state index contributed by atoms with van der Waals surface area (Å²) in [4.78, 5) is 14.0. The molecule has 3 nitrogen and oxygen atoms in total. The van der Waals surface area contributed by atoms with Crippen LogP contribution in [0.2, 0.25) is 5.02 Å². The van der Waals surface area contributed by atoms with Crippen LogP contribution in [0.25, 0.3) is 11.1 Å². The second kappa shape index (κ2) is 6.48. The number of ether oxygens (including phenoxy) is 1. The molecule has 0 N–H and O–H groups in total. The summed E-state index contributed by atoms with van der Waals surface area (Å²) in [7, 11) is 0. The van der Waals surface area contributed by atoms with E-state index in [1.165, 1.54) is 16.7 Å². The van der Waals surface area contributed by atoms with Crippen LogP contribution in [0.4, 0.5) is 4.79 Å². The summed E-state index contributed by atoms with van der Waals surface area (Å²) in [6.07, 6.45) is 0.602. The maximum atomic E-state index is 12.2. The lowest BCUT2D eigenvalue weighted by Crippen LogP contribution is -2.39. The van der Waals surface area contributed by atoms with Gasteiger partial charge in [-0.3, -0.25) is 0 Å². The minimum absolute atomic E-state index is 0.241. The first-order valence-corrected chi connectivity index (χ1v) is 8.55. The number of hydrogen-bond acceptors (Lipinski definition) is 2. The van der Waals surface area contributed by atoms with Crippen LogP contribution in [-0.4, -0.2) is 23.1 Å². The fourth-order valence-corrected chi connectivity index (χ4v) is 2.98. The first-order chi connectivity index (χ1) is 11.3. The summed E-state index contributed by atoms with van der Waals surface area (Å²) in [5.74, 6) is 0. The van der Waals surface area contributed by atoms with Crippen LogP contribution >= 0.6 is 11.6 Å². The molecule has 0 saturated carbocycles. The van der Waals surface area contributed by atoms with E-state index in [0.717, 1.165) is 17.0 Å². The van der Waals surface area contributed by atoms with Gasteiger partial charge in [0, 0.05) is 18.1 Å². The Hall–Kier alpha value is -2.00. The number of carbonyl (C=O) groups excluding carboxylic acids is 1. The third kappa shape index (κ3) is 3.90. The summed E-state index contributed by atoms with van der Waals surface area (Å²) in [6, 6.07) is 14.3. The molecule has 1 aliphatic heterocycles. The predicted octanol–water partition coefficient (Wildman–Crippen LogP) is 5.30. The van der Waals surface area contributed by atoms with Crippen molar-refractivity contribution in [3.63, 3.8) is 0 Å². The van der Waals surface area contributed by atoms with Crippen LogP contribution in [0.3, 0.4) is 0 Å². The molecule has 0 atom stereocenters. The van der Waals surface area contributed by atoms with E-state index in [9.17, 15) is 4.79 Å². The van der Waals surface area contributed by atoms with Crippen LogP contribution in [-0.2, 0) is 17.7 Å². The van der Waals surface area contributed by atoms with Gasteiger partial charge in [-0.2, -0.15) is 0 Å². The van der Waals surface area contributed by atoms with Crippen molar-refractivity contribution in [2.45, 2.75) is 39.3 Å². The van der Waals surface area contributed by atoms with E-state index < -0.39 is 5.60 Å². The Balaban J connectivity index is 1.77. The molecule has 0 spiro atoms. The van der Waals surface area contributed by atoms with Crippen LogP contribution in [0.5, 0.6) is 0 Å². The first kappa shape index (κ1) is 16.8. The van der Waals surface area contributed by atoms with Gasteiger partial charge in [0.1, 0.15) is 5.60 Å². The van der Waals surface area contributed by atoms with Crippen molar-refractivity contribution in [3.05, 3.63) is 58.6 Å². The average molecular weight is 344 g/mol. The fraction of sp³-hybridized carbons (Fsp3) is 0.350. The molecule has 0 radical (unpaired) electrons. The quantitative estimate of drug-likeness (QED) is 0.703. The zero-order valence-corrected chi connectivity index (χ0v) is 15.1. The molecule has 126 valence electrons. The average Bonchev–Trinajstić information content (AvgIpc) is 2.53. The zero-order chi connectivity index (χ0) is 17.3. The largest absolute Gasteiger partial charge is 0.444 e. The van der Waals surface area contributed by atoms with Crippen molar-refractivity contribution in [2.75, 3.05) is 6.54 Å². The van der Waals surface area contributed by atoms with E-state index in [-0.39, 0.29) is 6.09 Å². The maximum Gasteiger partial charge on any atom is 0.410 e. The molecule has 2 aromatic carbocycles. The zero-order valence-electron chi connectivity index (χ0n) is 14.3. The molecular weight excluding hydrogens is 322 g/mol. The summed E-state index contributed by atoms with van der Waals surface area (Å²) < 4.78 is 5.47. The van der Waals surface area contributed by atoms with E-state index in [1.807, 2.05) is 45.0 Å². The van der Waals surface area contributed by atoms with Crippen LogP contribution < -0.4 is 0 Å². The van der Waals surface area contributed by atoms with Gasteiger partial charge in [-0.15, -0.1) is 0 Å². The molecule has 2 aromatic rings. The first-order valence-electron chi connectivity index (χ1n) is 8.17. The van der Waals surface area contributed by atoms with Crippen molar-refractivity contribution in [2.24, 2.45) is 0 Å². The Kier molecular flexibility index (Phi) is 4.55. The van der Waals surface area contributed by atoms with Crippen molar-refractivity contribution in [1.82, 2.24) is 4.90 Å². The molecule has 4 heteroatoms. The van der Waals surface area contributed by atoms with Gasteiger partial charge >= 0.3 is 6.09 Å². The Morgan fingerprint density at radius 1 is 1.04 bits per heavy atom. The van der Waals surface area contributed by atoms with Crippen molar-refractivity contribution in [3.8, 4) is 11.1 Å². The molecule has 0 fully saturated rings. The van der Waals surface area contributed by atoms with Gasteiger partial charge in [0.25, 0.3) is 0 Å². The summed E-state index contributed by atoms with van der Waals surface area (Å²) in [5, 5.41) is 0.740.